The van der Waals surface area contributed by atoms with Crippen molar-refractivity contribution in [3.63, 3.8) is 0 Å². The highest BCUT2D eigenvalue weighted by atomic mass is 16.5. The molecule has 0 spiro atoms. The van der Waals surface area contributed by atoms with E-state index in [0.717, 1.165) is 25.9 Å². The van der Waals surface area contributed by atoms with Gasteiger partial charge in [0.2, 0.25) is 17.6 Å². The molecule has 0 saturated carbocycles. The molecule has 9 heteroatoms. The molecule has 2 aromatic heterocycles. The number of aryl methyl sites for hydroxylation is 1. The first-order valence-corrected chi connectivity index (χ1v) is 8.04. The zero-order valence-electron chi connectivity index (χ0n) is 13.6. The second-order valence-electron chi connectivity index (χ2n) is 5.85. The van der Waals surface area contributed by atoms with E-state index in [1.54, 1.807) is 6.92 Å². The number of likely N-dealkylation sites (tertiary alicyclic amines) is 1. The van der Waals surface area contributed by atoms with Crippen molar-refractivity contribution in [2.45, 2.75) is 39.2 Å². The first-order valence-electron chi connectivity index (χ1n) is 8.04. The molecule has 3 rings (SSSR count). The summed E-state index contributed by atoms with van der Waals surface area (Å²) < 4.78 is 6.30. The molecule has 0 atom stereocenters. The molecule has 9 nitrogen and oxygen atoms in total. The zero-order valence-corrected chi connectivity index (χ0v) is 13.6. The number of rotatable bonds is 4. The van der Waals surface area contributed by atoms with Crippen LogP contribution < -0.4 is 5.32 Å². The summed E-state index contributed by atoms with van der Waals surface area (Å²) in [5.74, 6) is -0.250. The predicted octanol–water partition coefficient (Wildman–Crippen LogP) is 1.23. The van der Waals surface area contributed by atoms with Crippen molar-refractivity contribution in [3.8, 4) is 0 Å². The van der Waals surface area contributed by atoms with Crippen LogP contribution in [0.4, 0.5) is 5.95 Å². The van der Waals surface area contributed by atoms with Gasteiger partial charge in [0.15, 0.2) is 0 Å². The minimum absolute atomic E-state index is 0.0190. The second kappa shape index (κ2) is 7.24. The van der Waals surface area contributed by atoms with Gasteiger partial charge in [-0.25, -0.2) is 9.67 Å². The molecule has 1 aliphatic rings. The van der Waals surface area contributed by atoms with Crippen LogP contribution in [-0.4, -0.2) is 49.7 Å². The van der Waals surface area contributed by atoms with E-state index in [9.17, 15) is 9.59 Å². The molecule has 2 aromatic rings. The molecule has 0 aromatic carbocycles. The number of aromatic nitrogens is 4. The van der Waals surface area contributed by atoms with Crippen LogP contribution in [0.2, 0.25) is 0 Å². The average Bonchev–Trinajstić information content (AvgIpc) is 3.08. The van der Waals surface area contributed by atoms with E-state index in [2.05, 4.69) is 20.6 Å². The fraction of sp³-hybridized carbons (Fsp3) is 0.533. The van der Waals surface area contributed by atoms with Gasteiger partial charge in [0.1, 0.15) is 12.9 Å². The Hall–Kier alpha value is -2.71. The molecule has 1 N–H and O–H groups in total. The fourth-order valence-corrected chi connectivity index (χ4v) is 2.62. The second-order valence-corrected chi connectivity index (χ2v) is 5.85. The third-order valence-corrected chi connectivity index (χ3v) is 3.87. The molecule has 0 radical (unpaired) electrons. The average molecular weight is 332 g/mol. The van der Waals surface area contributed by atoms with Crippen LogP contribution in [0.25, 0.3) is 0 Å². The van der Waals surface area contributed by atoms with Gasteiger partial charge >= 0.3 is 0 Å². The van der Waals surface area contributed by atoms with Gasteiger partial charge in [-0.2, -0.15) is 0 Å². The van der Waals surface area contributed by atoms with Crippen molar-refractivity contribution in [1.29, 1.82) is 0 Å². The lowest BCUT2D eigenvalue weighted by Gasteiger charge is -2.19. The maximum atomic E-state index is 12.3. The van der Waals surface area contributed by atoms with E-state index in [1.165, 1.54) is 29.9 Å². The standard InChI is InChI=1S/C15H20N6O3/c1-11-8-12(24-19-11)14(23)17-15-16-10-21(18-15)9-13(22)20-6-4-2-3-5-7-20/h8,10H,2-7,9H2,1H3,(H,17,18,23). The molecule has 2 amide bonds. The molecule has 1 aliphatic heterocycles. The summed E-state index contributed by atoms with van der Waals surface area (Å²) >= 11 is 0. The van der Waals surface area contributed by atoms with Gasteiger partial charge in [-0.1, -0.05) is 18.0 Å². The molecular weight excluding hydrogens is 312 g/mol. The Balaban J connectivity index is 1.56. The SMILES string of the molecule is Cc1cc(C(=O)Nc2ncn(CC(=O)N3CCCCCC3)n2)on1. The maximum Gasteiger partial charge on any atom is 0.296 e. The van der Waals surface area contributed by atoms with E-state index in [4.69, 9.17) is 4.52 Å². The number of nitrogens with zero attached hydrogens (tertiary/aromatic N) is 5. The minimum Gasteiger partial charge on any atom is -0.351 e. The lowest BCUT2D eigenvalue weighted by molar-refractivity contribution is -0.132. The number of hydrogen-bond acceptors (Lipinski definition) is 6. The zero-order chi connectivity index (χ0) is 16.9. The summed E-state index contributed by atoms with van der Waals surface area (Å²) in [6.45, 7) is 3.43. The third kappa shape index (κ3) is 3.98. The molecular formula is C15H20N6O3. The van der Waals surface area contributed by atoms with Crippen molar-refractivity contribution in [1.82, 2.24) is 24.8 Å². The first kappa shape index (κ1) is 16.2. The van der Waals surface area contributed by atoms with E-state index < -0.39 is 5.91 Å². The van der Waals surface area contributed by atoms with Gasteiger partial charge in [-0.3, -0.25) is 14.9 Å². The summed E-state index contributed by atoms with van der Waals surface area (Å²) in [5.41, 5.74) is 0.613. The Kier molecular flexibility index (Phi) is 4.88. The van der Waals surface area contributed by atoms with E-state index in [0.29, 0.717) is 5.69 Å². The monoisotopic (exact) mass is 332 g/mol. The highest BCUT2D eigenvalue weighted by molar-refractivity contribution is 6.01. The molecule has 1 saturated heterocycles. The fourth-order valence-electron chi connectivity index (χ4n) is 2.62. The molecule has 0 aliphatic carbocycles. The van der Waals surface area contributed by atoms with Crippen LogP contribution in [0.1, 0.15) is 41.9 Å². The maximum absolute atomic E-state index is 12.3. The Labute approximate surface area is 139 Å². The number of nitrogens with one attached hydrogen (secondary N) is 1. The Morgan fingerprint density at radius 1 is 1.25 bits per heavy atom. The summed E-state index contributed by atoms with van der Waals surface area (Å²) in [6.07, 6.45) is 5.85. The normalized spacial score (nSPS) is 15.1. The number of carbonyl (C=O) groups excluding carboxylic acids is 2. The quantitative estimate of drug-likeness (QED) is 0.902. The number of carbonyl (C=O) groups is 2. The van der Waals surface area contributed by atoms with Gasteiger partial charge in [0, 0.05) is 19.2 Å². The Morgan fingerprint density at radius 2 is 2.00 bits per heavy atom. The number of anilines is 1. The lowest BCUT2D eigenvalue weighted by Crippen LogP contribution is -2.34. The van der Waals surface area contributed by atoms with Crippen molar-refractivity contribution in [2.75, 3.05) is 18.4 Å². The van der Waals surface area contributed by atoms with Gasteiger partial charge < -0.3 is 9.42 Å². The molecule has 3 heterocycles. The van der Waals surface area contributed by atoms with Gasteiger partial charge in [-0.05, 0) is 19.8 Å². The van der Waals surface area contributed by atoms with E-state index in [-0.39, 0.29) is 24.2 Å². The van der Waals surface area contributed by atoms with Gasteiger partial charge in [0.25, 0.3) is 5.91 Å². The summed E-state index contributed by atoms with van der Waals surface area (Å²) in [6, 6.07) is 1.52. The topological polar surface area (TPSA) is 106 Å². The van der Waals surface area contributed by atoms with Crippen LogP contribution in [0.15, 0.2) is 16.9 Å². The van der Waals surface area contributed by atoms with E-state index in [1.807, 2.05) is 4.90 Å². The first-order chi connectivity index (χ1) is 11.6. The Morgan fingerprint density at radius 3 is 2.67 bits per heavy atom. The molecule has 0 unspecified atom stereocenters. The highest BCUT2D eigenvalue weighted by Gasteiger charge is 2.18. The van der Waals surface area contributed by atoms with Crippen LogP contribution in [0.3, 0.4) is 0 Å². The van der Waals surface area contributed by atoms with Crippen molar-refractivity contribution >= 4 is 17.8 Å². The minimum atomic E-state index is -0.479. The van der Waals surface area contributed by atoms with Gasteiger partial charge in [-0.15, -0.1) is 5.10 Å². The Bertz CT molecular complexity index is 714. The van der Waals surface area contributed by atoms with Crippen LogP contribution >= 0.6 is 0 Å². The summed E-state index contributed by atoms with van der Waals surface area (Å²) in [7, 11) is 0. The number of amides is 2. The molecule has 128 valence electrons. The van der Waals surface area contributed by atoms with Crippen LogP contribution in [-0.2, 0) is 11.3 Å². The largest absolute Gasteiger partial charge is 0.351 e. The summed E-state index contributed by atoms with van der Waals surface area (Å²) in [4.78, 5) is 30.1. The molecule has 1 fully saturated rings. The third-order valence-electron chi connectivity index (χ3n) is 3.87. The predicted molar refractivity (Wildman–Crippen MR) is 84.3 cm³/mol. The van der Waals surface area contributed by atoms with Crippen molar-refractivity contribution in [3.05, 3.63) is 23.8 Å². The molecule has 24 heavy (non-hydrogen) atoms. The van der Waals surface area contributed by atoms with Gasteiger partial charge in [0.05, 0.1) is 5.69 Å². The lowest BCUT2D eigenvalue weighted by atomic mass is 10.2. The number of hydrogen-bond donors (Lipinski definition) is 1. The smallest absolute Gasteiger partial charge is 0.296 e. The van der Waals surface area contributed by atoms with Crippen LogP contribution in [0, 0.1) is 6.92 Å². The van der Waals surface area contributed by atoms with Crippen molar-refractivity contribution in [2.24, 2.45) is 0 Å². The molecule has 0 bridgehead atoms. The van der Waals surface area contributed by atoms with Crippen molar-refractivity contribution < 1.29 is 14.1 Å². The van der Waals surface area contributed by atoms with Crippen LogP contribution in [0.5, 0.6) is 0 Å². The highest BCUT2D eigenvalue weighted by Crippen LogP contribution is 2.10. The van der Waals surface area contributed by atoms with E-state index >= 15 is 0 Å². The summed E-state index contributed by atoms with van der Waals surface area (Å²) in [5, 5.41) is 10.3.